The minimum Gasteiger partial charge on any atom is -0.339 e. The summed E-state index contributed by atoms with van der Waals surface area (Å²) >= 11 is 0. The van der Waals surface area contributed by atoms with Gasteiger partial charge < -0.3 is 4.90 Å². The lowest BCUT2D eigenvalue weighted by Crippen LogP contribution is -2.35. The van der Waals surface area contributed by atoms with Crippen molar-refractivity contribution in [3.63, 3.8) is 0 Å². The van der Waals surface area contributed by atoms with E-state index in [0.29, 0.717) is 18.0 Å². The highest BCUT2D eigenvalue weighted by Gasteiger charge is 2.20. The van der Waals surface area contributed by atoms with E-state index in [2.05, 4.69) is 0 Å². The fourth-order valence-electron chi connectivity index (χ4n) is 1.63. The number of likely N-dealkylation sites (N-methyl/N-ethyl adjacent to an activating group) is 1. The number of amides is 1. The molecule has 0 fully saturated rings. The van der Waals surface area contributed by atoms with Crippen LogP contribution in [0.1, 0.15) is 29.8 Å². The molecular weight excluding hydrogens is 214 g/mol. The zero-order chi connectivity index (χ0) is 13.0. The van der Waals surface area contributed by atoms with Crippen LogP contribution in [0.3, 0.4) is 0 Å². The van der Waals surface area contributed by atoms with Crippen molar-refractivity contribution in [1.29, 1.82) is 0 Å². The molecule has 3 nitrogen and oxygen atoms in total. The number of aryl methyl sites for hydroxylation is 1. The molecule has 3 heteroatoms. The fraction of sp³-hybridized carbons (Fsp3) is 0.429. The Morgan fingerprint density at radius 3 is 2.18 bits per heavy atom. The van der Waals surface area contributed by atoms with Crippen molar-refractivity contribution in [3.05, 3.63) is 35.4 Å². The highest BCUT2D eigenvalue weighted by Crippen LogP contribution is 2.06. The molecule has 0 saturated carbocycles. The maximum Gasteiger partial charge on any atom is 0.294 e. The lowest BCUT2D eigenvalue weighted by molar-refractivity contribution is -0.125. The van der Waals surface area contributed by atoms with Crippen LogP contribution in [-0.2, 0) is 4.79 Å². The third-order valence-corrected chi connectivity index (χ3v) is 2.49. The number of Topliss-reactive ketones (excluding diaryl/α,β-unsaturated/α-hetero) is 1. The lowest BCUT2D eigenvalue weighted by atomic mass is 10.1. The molecule has 0 bridgehead atoms. The number of rotatable bonds is 4. The van der Waals surface area contributed by atoms with Gasteiger partial charge in [0.1, 0.15) is 0 Å². The molecule has 1 rings (SSSR count). The average Bonchev–Trinajstić information content (AvgIpc) is 2.27. The summed E-state index contributed by atoms with van der Waals surface area (Å²) in [6.07, 6.45) is 0. The lowest BCUT2D eigenvalue weighted by Gasteiger charge is -2.18. The molecule has 0 saturated heterocycles. The monoisotopic (exact) mass is 233 g/mol. The van der Waals surface area contributed by atoms with Crippen LogP contribution in [0.4, 0.5) is 0 Å². The van der Waals surface area contributed by atoms with E-state index >= 15 is 0 Å². The molecule has 0 radical (unpaired) electrons. The Kier molecular flexibility index (Phi) is 4.44. The number of hydrogen-bond acceptors (Lipinski definition) is 2. The smallest absolute Gasteiger partial charge is 0.294 e. The van der Waals surface area contributed by atoms with Gasteiger partial charge >= 0.3 is 0 Å². The first-order chi connectivity index (χ1) is 7.91. The Morgan fingerprint density at radius 2 is 1.71 bits per heavy atom. The molecule has 17 heavy (non-hydrogen) atoms. The Balaban J connectivity index is 2.76. The van der Waals surface area contributed by atoms with Gasteiger partial charge in [-0.2, -0.15) is 0 Å². The molecule has 0 aliphatic rings. The largest absolute Gasteiger partial charge is 0.339 e. The van der Waals surface area contributed by atoms with Gasteiger partial charge in [-0.05, 0) is 12.8 Å². The van der Waals surface area contributed by atoms with Crippen molar-refractivity contribution in [2.24, 2.45) is 5.92 Å². The van der Waals surface area contributed by atoms with Gasteiger partial charge in [0, 0.05) is 19.2 Å². The van der Waals surface area contributed by atoms with E-state index in [0.717, 1.165) is 5.56 Å². The number of benzene rings is 1. The molecule has 0 heterocycles. The second kappa shape index (κ2) is 5.62. The molecule has 1 aromatic carbocycles. The molecule has 0 aliphatic carbocycles. The molecule has 1 aromatic rings. The fourth-order valence-corrected chi connectivity index (χ4v) is 1.63. The number of ketones is 1. The third-order valence-electron chi connectivity index (χ3n) is 2.49. The van der Waals surface area contributed by atoms with Gasteiger partial charge in [-0.1, -0.05) is 43.7 Å². The van der Waals surface area contributed by atoms with Crippen molar-refractivity contribution in [2.45, 2.75) is 20.8 Å². The summed E-state index contributed by atoms with van der Waals surface area (Å²) in [6, 6.07) is 7.06. The second-order valence-electron chi connectivity index (χ2n) is 4.77. The summed E-state index contributed by atoms with van der Waals surface area (Å²) in [5, 5.41) is 0. The summed E-state index contributed by atoms with van der Waals surface area (Å²) < 4.78 is 0. The topological polar surface area (TPSA) is 37.4 Å². The zero-order valence-electron chi connectivity index (χ0n) is 10.9. The van der Waals surface area contributed by atoms with E-state index in [1.54, 1.807) is 19.2 Å². The SMILES string of the molecule is Cc1ccc(C(=O)C(=O)N(C)CC(C)C)cc1. The van der Waals surface area contributed by atoms with Gasteiger partial charge in [0.15, 0.2) is 0 Å². The summed E-state index contributed by atoms with van der Waals surface area (Å²) in [4.78, 5) is 25.2. The molecule has 0 aromatic heterocycles. The first-order valence-electron chi connectivity index (χ1n) is 5.78. The molecular formula is C14H19NO2. The van der Waals surface area contributed by atoms with Crippen molar-refractivity contribution in [3.8, 4) is 0 Å². The van der Waals surface area contributed by atoms with E-state index in [1.165, 1.54) is 4.90 Å². The molecule has 0 atom stereocenters. The van der Waals surface area contributed by atoms with Crippen LogP contribution in [0.25, 0.3) is 0 Å². The van der Waals surface area contributed by atoms with Gasteiger partial charge in [-0.3, -0.25) is 9.59 Å². The zero-order valence-corrected chi connectivity index (χ0v) is 10.9. The number of hydrogen-bond donors (Lipinski definition) is 0. The van der Waals surface area contributed by atoms with Gasteiger partial charge in [-0.15, -0.1) is 0 Å². The Morgan fingerprint density at radius 1 is 1.18 bits per heavy atom. The van der Waals surface area contributed by atoms with Crippen LogP contribution in [0.15, 0.2) is 24.3 Å². The molecule has 0 aliphatic heterocycles. The predicted molar refractivity (Wildman–Crippen MR) is 68.0 cm³/mol. The average molecular weight is 233 g/mol. The maximum absolute atomic E-state index is 11.9. The Hall–Kier alpha value is -1.64. The van der Waals surface area contributed by atoms with Crippen molar-refractivity contribution >= 4 is 11.7 Å². The van der Waals surface area contributed by atoms with Crippen LogP contribution in [0, 0.1) is 12.8 Å². The number of carbonyl (C=O) groups is 2. The quantitative estimate of drug-likeness (QED) is 0.591. The molecule has 0 spiro atoms. The van der Waals surface area contributed by atoms with Crippen LogP contribution in [0.5, 0.6) is 0 Å². The van der Waals surface area contributed by atoms with Crippen molar-refractivity contribution in [2.75, 3.05) is 13.6 Å². The van der Waals surface area contributed by atoms with Crippen molar-refractivity contribution in [1.82, 2.24) is 4.90 Å². The summed E-state index contributed by atoms with van der Waals surface area (Å²) in [7, 11) is 1.66. The summed E-state index contributed by atoms with van der Waals surface area (Å²) in [6.45, 7) is 6.57. The molecule has 0 unspecified atom stereocenters. The van der Waals surface area contributed by atoms with Gasteiger partial charge in [-0.25, -0.2) is 0 Å². The van der Waals surface area contributed by atoms with Crippen LogP contribution in [-0.4, -0.2) is 30.2 Å². The predicted octanol–water partition coefficient (Wildman–Crippen LogP) is 2.29. The summed E-state index contributed by atoms with van der Waals surface area (Å²) in [5.41, 5.74) is 1.53. The summed E-state index contributed by atoms with van der Waals surface area (Å²) in [5.74, 6) is -0.523. The molecule has 0 N–H and O–H groups in total. The minimum absolute atomic E-state index is 0.356. The Bertz CT molecular complexity index is 407. The number of nitrogens with zero attached hydrogens (tertiary/aromatic N) is 1. The first-order valence-corrected chi connectivity index (χ1v) is 5.78. The highest BCUT2D eigenvalue weighted by molar-refractivity contribution is 6.42. The molecule has 92 valence electrons. The third kappa shape index (κ3) is 3.70. The normalized spacial score (nSPS) is 10.4. The van der Waals surface area contributed by atoms with Gasteiger partial charge in [0.05, 0.1) is 0 Å². The standard InChI is InChI=1S/C14H19NO2/c1-10(2)9-15(4)14(17)13(16)12-7-5-11(3)6-8-12/h5-8,10H,9H2,1-4H3. The first kappa shape index (κ1) is 13.4. The highest BCUT2D eigenvalue weighted by atomic mass is 16.2. The Labute approximate surface area is 102 Å². The van der Waals surface area contributed by atoms with E-state index < -0.39 is 11.7 Å². The minimum atomic E-state index is -0.442. The van der Waals surface area contributed by atoms with E-state index in [1.807, 2.05) is 32.9 Å². The van der Waals surface area contributed by atoms with Gasteiger partial charge in [0.25, 0.3) is 5.91 Å². The van der Waals surface area contributed by atoms with Crippen LogP contribution < -0.4 is 0 Å². The van der Waals surface area contributed by atoms with E-state index in [4.69, 9.17) is 0 Å². The second-order valence-corrected chi connectivity index (χ2v) is 4.77. The molecule has 1 amide bonds. The van der Waals surface area contributed by atoms with Crippen LogP contribution >= 0.6 is 0 Å². The van der Waals surface area contributed by atoms with Gasteiger partial charge in [0.2, 0.25) is 5.78 Å². The number of carbonyl (C=O) groups excluding carboxylic acids is 2. The maximum atomic E-state index is 11.9. The van der Waals surface area contributed by atoms with E-state index in [-0.39, 0.29) is 0 Å². The van der Waals surface area contributed by atoms with Crippen molar-refractivity contribution < 1.29 is 9.59 Å². The van der Waals surface area contributed by atoms with Crippen LogP contribution in [0.2, 0.25) is 0 Å². The van der Waals surface area contributed by atoms with E-state index in [9.17, 15) is 9.59 Å².